The number of nitrogens with one attached hydrogen (secondary N) is 1. The molecular formula is C22H24N2O7. The number of amides is 3. The molecule has 9 nitrogen and oxygen atoms in total. The minimum absolute atomic E-state index is 0.0106. The van der Waals surface area contributed by atoms with Crippen molar-refractivity contribution in [2.45, 2.75) is 32.9 Å². The number of rotatable bonds is 8. The van der Waals surface area contributed by atoms with Gasteiger partial charge in [0.05, 0.1) is 26.9 Å². The molecule has 0 radical (unpaired) electrons. The van der Waals surface area contributed by atoms with E-state index in [0.717, 1.165) is 11.3 Å². The molecular weight excluding hydrogens is 404 g/mol. The lowest BCUT2D eigenvalue weighted by Crippen LogP contribution is -2.30. The zero-order valence-electron chi connectivity index (χ0n) is 17.8. The first-order valence-electron chi connectivity index (χ1n) is 9.73. The van der Waals surface area contributed by atoms with Gasteiger partial charge >= 0.3 is 12.0 Å². The third kappa shape index (κ3) is 4.71. The summed E-state index contributed by atoms with van der Waals surface area (Å²) in [7, 11) is 2.77. The summed E-state index contributed by atoms with van der Waals surface area (Å²) in [6.45, 7) is 3.80. The maximum absolute atomic E-state index is 12.8. The highest BCUT2D eigenvalue weighted by Gasteiger charge is 2.34. The summed E-state index contributed by atoms with van der Waals surface area (Å²) in [6, 6.07) is 7.63. The van der Waals surface area contributed by atoms with E-state index >= 15 is 0 Å². The Hall–Kier alpha value is -3.75. The lowest BCUT2D eigenvalue weighted by molar-refractivity contribution is -0.123. The van der Waals surface area contributed by atoms with E-state index in [2.05, 4.69) is 10.1 Å². The molecule has 1 fully saturated rings. The summed E-state index contributed by atoms with van der Waals surface area (Å²) in [4.78, 5) is 37.7. The van der Waals surface area contributed by atoms with E-state index in [1.807, 2.05) is 13.8 Å². The molecule has 1 atom stereocenters. The van der Waals surface area contributed by atoms with Crippen LogP contribution in [0.2, 0.25) is 0 Å². The average molecular weight is 428 g/mol. The number of benzene rings is 1. The number of para-hydroxylation sites is 1. The van der Waals surface area contributed by atoms with E-state index in [0.29, 0.717) is 17.1 Å². The summed E-state index contributed by atoms with van der Waals surface area (Å²) in [5, 5.41) is 2.56. The molecule has 0 unspecified atom stereocenters. The van der Waals surface area contributed by atoms with Gasteiger partial charge in [-0.3, -0.25) is 9.69 Å². The standard InChI is InChI=1S/C22H24N2O7/c1-5-13(2)30-19-14(7-6-8-17(19)28-3)11-16-20(25)24(22(27)23-16)12-15-9-10-18(31-15)21(26)29-4/h6-11,13H,5,12H2,1-4H3,(H,23,27)/b16-11+/t13-/m0/s1. The number of imide groups is 1. The highest BCUT2D eigenvalue weighted by Crippen LogP contribution is 2.34. The second-order valence-electron chi connectivity index (χ2n) is 6.85. The van der Waals surface area contributed by atoms with Crippen LogP contribution in [0.25, 0.3) is 6.08 Å². The van der Waals surface area contributed by atoms with Crippen molar-refractivity contribution in [3.05, 3.63) is 53.1 Å². The van der Waals surface area contributed by atoms with E-state index in [-0.39, 0.29) is 29.9 Å². The Labute approximate surface area is 179 Å². The summed E-state index contributed by atoms with van der Waals surface area (Å²) >= 11 is 0. The van der Waals surface area contributed by atoms with Crippen molar-refractivity contribution in [3.63, 3.8) is 0 Å². The van der Waals surface area contributed by atoms with Crippen LogP contribution in [0.5, 0.6) is 11.5 Å². The van der Waals surface area contributed by atoms with Crippen LogP contribution in [-0.4, -0.2) is 43.1 Å². The Balaban J connectivity index is 1.85. The molecule has 3 rings (SSSR count). The SMILES string of the molecule is CC[C@H](C)Oc1c(/C=C2/NC(=O)N(Cc3ccc(C(=O)OC)o3)C2=O)cccc1OC. The molecule has 1 aliphatic heterocycles. The minimum atomic E-state index is -0.643. The van der Waals surface area contributed by atoms with E-state index in [1.54, 1.807) is 24.3 Å². The van der Waals surface area contributed by atoms with Gasteiger partial charge in [-0.05, 0) is 37.6 Å². The van der Waals surface area contributed by atoms with Gasteiger partial charge in [-0.15, -0.1) is 0 Å². The molecule has 1 aromatic heterocycles. The fraction of sp³-hybridized carbons (Fsp3) is 0.318. The van der Waals surface area contributed by atoms with Crippen molar-refractivity contribution in [2.75, 3.05) is 14.2 Å². The van der Waals surface area contributed by atoms with Gasteiger partial charge in [0.1, 0.15) is 11.5 Å². The highest BCUT2D eigenvalue weighted by atomic mass is 16.5. The molecule has 31 heavy (non-hydrogen) atoms. The molecule has 1 saturated heterocycles. The van der Waals surface area contributed by atoms with Crippen LogP contribution < -0.4 is 14.8 Å². The number of hydrogen-bond donors (Lipinski definition) is 1. The molecule has 3 amide bonds. The van der Waals surface area contributed by atoms with Crippen LogP contribution in [0, 0.1) is 0 Å². The molecule has 0 spiro atoms. The van der Waals surface area contributed by atoms with Gasteiger partial charge in [-0.25, -0.2) is 9.59 Å². The monoisotopic (exact) mass is 428 g/mol. The van der Waals surface area contributed by atoms with Gasteiger partial charge in [0.15, 0.2) is 11.5 Å². The Morgan fingerprint density at radius 3 is 2.68 bits per heavy atom. The van der Waals surface area contributed by atoms with Gasteiger partial charge in [-0.1, -0.05) is 19.1 Å². The molecule has 9 heteroatoms. The quantitative estimate of drug-likeness (QED) is 0.390. The van der Waals surface area contributed by atoms with Crippen molar-refractivity contribution in [1.29, 1.82) is 0 Å². The number of carbonyl (C=O) groups excluding carboxylic acids is 3. The van der Waals surface area contributed by atoms with Gasteiger partial charge in [0.2, 0.25) is 5.76 Å². The molecule has 2 aromatic rings. The highest BCUT2D eigenvalue weighted by molar-refractivity contribution is 6.14. The normalized spacial score (nSPS) is 15.7. The first-order chi connectivity index (χ1) is 14.9. The first-order valence-corrected chi connectivity index (χ1v) is 9.73. The Morgan fingerprint density at radius 2 is 2.00 bits per heavy atom. The van der Waals surface area contributed by atoms with Crippen molar-refractivity contribution in [3.8, 4) is 11.5 Å². The number of furan rings is 1. The van der Waals surface area contributed by atoms with Crippen LogP contribution in [0.4, 0.5) is 4.79 Å². The average Bonchev–Trinajstić information content (AvgIpc) is 3.34. The second kappa shape index (κ2) is 9.38. The lowest BCUT2D eigenvalue weighted by atomic mass is 10.1. The number of esters is 1. The van der Waals surface area contributed by atoms with Crippen molar-refractivity contribution < 1.29 is 33.0 Å². The predicted octanol–water partition coefficient (Wildman–Crippen LogP) is 3.35. The number of urea groups is 1. The topological polar surface area (TPSA) is 107 Å². The zero-order chi connectivity index (χ0) is 22.5. The second-order valence-corrected chi connectivity index (χ2v) is 6.85. The maximum atomic E-state index is 12.8. The number of ether oxygens (including phenoxy) is 3. The van der Waals surface area contributed by atoms with E-state index in [1.165, 1.54) is 26.4 Å². The van der Waals surface area contributed by atoms with Crippen LogP contribution in [0.1, 0.15) is 42.1 Å². The molecule has 1 aromatic carbocycles. The van der Waals surface area contributed by atoms with Gasteiger partial charge in [0, 0.05) is 5.56 Å². The summed E-state index contributed by atoms with van der Waals surface area (Å²) in [6.07, 6.45) is 2.26. The number of carbonyl (C=O) groups is 3. The summed E-state index contributed by atoms with van der Waals surface area (Å²) < 4.78 is 21.3. The summed E-state index contributed by atoms with van der Waals surface area (Å²) in [5.41, 5.74) is 0.683. The third-order valence-corrected chi connectivity index (χ3v) is 4.75. The van der Waals surface area contributed by atoms with Crippen LogP contribution in [0.3, 0.4) is 0 Å². The molecule has 1 aliphatic rings. The maximum Gasteiger partial charge on any atom is 0.373 e. The lowest BCUT2D eigenvalue weighted by Gasteiger charge is -2.17. The fourth-order valence-electron chi connectivity index (χ4n) is 2.92. The molecule has 164 valence electrons. The van der Waals surface area contributed by atoms with Crippen LogP contribution >= 0.6 is 0 Å². The Bertz CT molecular complexity index is 1020. The first kappa shape index (κ1) is 21.9. The van der Waals surface area contributed by atoms with Crippen molar-refractivity contribution >= 4 is 24.0 Å². The Kier molecular flexibility index (Phi) is 6.64. The van der Waals surface area contributed by atoms with E-state index < -0.39 is 17.9 Å². The zero-order valence-corrected chi connectivity index (χ0v) is 17.8. The van der Waals surface area contributed by atoms with Gasteiger partial charge in [0.25, 0.3) is 5.91 Å². The Morgan fingerprint density at radius 1 is 1.23 bits per heavy atom. The van der Waals surface area contributed by atoms with E-state index in [9.17, 15) is 14.4 Å². The van der Waals surface area contributed by atoms with Crippen LogP contribution in [0.15, 0.2) is 40.4 Å². The fourth-order valence-corrected chi connectivity index (χ4v) is 2.92. The van der Waals surface area contributed by atoms with E-state index in [4.69, 9.17) is 13.9 Å². The van der Waals surface area contributed by atoms with Gasteiger partial charge < -0.3 is 23.9 Å². The molecule has 0 bridgehead atoms. The largest absolute Gasteiger partial charge is 0.493 e. The molecule has 1 N–H and O–H groups in total. The number of methoxy groups -OCH3 is 2. The number of nitrogens with zero attached hydrogens (tertiary/aromatic N) is 1. The smallest absolute Gasteiger partial charge is 0.373 e. The number of hydrogen-bond acceptors (Lipinski definition) is 7. The van der Waals surface area contributed by atoms with Gasteiger partial charge in [-0.2, -0.15) is 0 Å². The predicted molar refractivity (Wildman–Crippen MR) is 110 cm³/mol. The molecule has 0 aliphatic carbocycles. The molecule has 2 heterocycles. The third-order valence-electron chi connectivity index (χ3n) is 4.75. The van der Waals surface area contributed by atoms with Crippen LogP contribution in [-0.2, 0) is 16.1 Å². The minimum Gasteiger partial charge on any atom is -0.493 e. The van der Waals surface area contributed by atoms with Crippen molar-refractivity contribution in [1.82, 2.24) is 10.2 Å². The molecule has 0 saturated carbocycles. The summed E-state index contributed by atoms with van der Waals surface area (Å²) in [5.74, 6) is 0.0976. The van der Waals surface area contributed by atoms with Crippen molar-refractivity contribution in [2.24, 2.45) is 0 Å².